The number of nitrogens with zero attached hydrogens (tertiary/aromatic N) is 3. The second-order valence-corrected chi connectivity index (χ2v) is 3.21. The number of alkyl halides is 2. The minimum absolute atomic E-state index is 0.231. The summed E-state index contributed by atoms with van der Waals surface area (Å²) in [5.74, 6) is -0.887. The molecule has 0 heterocycles. The number of rotatable bonds is 6. The lowest BCUT2D eigenvalue weighted by Crippen LogP contribution is -2.03. The summed E-state index contributed by atoms with van der Waals surface area (Å²) < 4.78 is 41.3. The molecule has 0 spiro atoms. The lowest BCUT2D eigenvalue weighted by Gasteiger charge is -2.07. The van der Waals surface area contributed by atoms with Crippen LogP contribution in [0.3, 0.4) is 0 Å². The van der Waals surface area contributed by atoms with Gasteiger partial charge in [-0.25, -0.2) is 4.39 Å². The lowest BCUT2D eigenvalue weighted by molar-refractivity contribution is -0.0501. The zero-order valence-corrected chi connectivity index (χ0v) is 9.26. The molecule has 0 N–H and O–H groups in total. The minimum Gasteiger partial charge on any atom is -0.434 e. The van der Waals surface area contributed by atoms with E-state index in [9.17, 15) is 13.2 Å². The van der Waals surface area contributed by atoms with Gasteiger partial charge in [-0.3, -0.25) is 0 Å². The van der Waals surface area contributed by atoms with Crippen molar-refractivity contribution < 1.29 is 17.9 Å². The van der Waals surface area contributed by atoms with Crippen molar-refractivity contribution in [2.24, 2.45) is 5.11 Å². The predicted molar refractivity (Wildman–Crippen MR) is 60.7 cm³/mol. The maximum Gasteiger partial charge on any atom is 0.387 e. The van der Waals surface area contributed by atoms with Gasteiger partial charge >= 0.3 is 6.61 Å². The third kappa shape index (κ3) is 4.80. The van der Waals surface area contributed by atoms with E-state index in [1.54, 1.807) is 6.08 Å². The van der Waals surface area contributed by atoms with E-state index in [4.69, 9.17) is 5.53 Å². The summed E-state index contributed by atoms with van der Waals surface area (Å²) in [6.45, 7) is -2.75. The summed E-state index contributed by atoms with van der Waals surface area (Å²) >= 11 is 0. The van der Waals surface area contributed by atoms with Crippen LogP contribution >= 0.6 is 0 Å². The molecule has 0 amide bonds. The molecule has 0 saturated heterocycles. The SMILES string of the molecule is [N-]=[N+]=NCCC=Cc1ccc(F)cc1OC(F)F. The van der Waals surface area contributed by atoms with E-state index in [0.717, 1.165) is 12.1 Å². The first-order chi connectivity index (χ1) is 8.63. The van der Waals surface area contributed by atoms with E-state index in [1.165, 1.54) is 12.1 Å². The molecule has 0 aliphatic rings. The average molecular weight is 257 g/mol. The monoisotopic (exact) mass is 257 g/mol. The summed E-state index contributed by atoms with van der Waals surface area (Å²) in [5.41, 5.74) is 8.38. The van der Waals surface area contributed by atoms with Crippen LogP contribution in [0.2, 0.25) is 0 Å². The van der Waals surface area contributed by atoms with E-state index in [-0.39, 0.29) is 12.3 Å². The Kier molecular flexibility index (Phi) is 5.60. The lowest BCUT2D eigenvalue weighted by atomic mass is 10.1. The molecule has 0 unspecified atom stereocenters. The molecule has 0 aromatic heterocycles. The summed E-state index contributed by atoms with van der Waals surface area (Å²) in [7, 11) is 0. The third-order valence-corrected chi connectivity index (χ3v) is 1.95. The number of hydrogen-bond donors (Lipinski definition) is 0. The zero-order chi connectivity index (χ0) is 13.4. The zero-order valence-electron chi connectivity index (χ0n) is 9.26. The fourth-order valence-electron chi connectivity index (χ4n) is 1.23. The molecule has 0 saturated carbocycles. The van der Waals surface area contributed by atoms with Gasteiger partial charge in [0.05, 0.1) is 0 Å². The van der Waals surface area contributed by atoms with Crippen LogP contribution in [0.1, 0.15) is 12.0 Å². The normalized spacial score (nSPS) is 10.7. The first-order valence-electron chi connectivity index (χ1n) is 5.05. The third-order valence-electron chi connectivity index (χ3n) is 1.95. The van der Waals surface area contributed by atoms with Gasteiger partial charge in [-0.1, -0.05) is 17.3 Å². The molecule has 0 aliphatic heterocycles. The first kappa shape index (κ1) is 13.9. The van der Waals surface area contributed by atoms with Crippen molar-refractivity contribution in [1.29, 1.82) is 0 Å². The van der Waals surface area contributed by atoms with Crippen molar-refractivity contribution >= 4 is 6.08 Å². The number of ether oxygens (including phenoxy) is 1. The number of hydrogen-bond acceptors (Lipinski definition) is 2. The van der Waals surface area contributed by atoms with Gasteiger partial charge in [0.25, 0.3) is 0 Å². The van der Waals surface area contributed by atoms with E-state index in [2.05, 4.69) is 14.8 Å². The van der Waals surface area contributed by atoms with Crippen LogP contribution in [0.4, 0.5) is 13.2 Å². The van der Waals surface area contributed by atoms with Gasteiger partial charge < -0.3 is 4.74 Å². The Bertz CT molecular complexity index is 471. The fourth-order valence-corrected chi connectivity index (χ4v) is 1.23. The Morgan fingerprint density at radius 2 is 2.22 bits per heavy atom. The highest BCUT2D eigenvalue weighted by molar-refractivity contribution is 5.57. The molecule has 0 fully saturated rings. The molecule has 1 aromatic rings. The second kappa shape index (κ2) is 7.24. The van der Waals surface area contributed by atoms with Gasteiger partial charge in [0.15, 0.2) is 0 Å². The van der Waals surface area contributed by atoms with Crippen molar-refractivity contribution in [3.05, 3.63) is 46.1 Å². The summed E-state index contributed by atoms with van der Waals surface area (Å²) in [4.78, 5) is 2.57. The molecule has 7 heteroatoms. The van der Waals surface area contributed by atoms with Crippen LogP contribution in [-0.4, -0.2) is 13.2 Å². The molecule has 0 atom stereocenters. The van der Waals surface area contributed by atoms with Crippen molar-refractivity contribution in [2.45, 2.75) is 13.0 Å². The van der Waals surface area contributed by atoms with Gasteiger partial charge in [0.2, 0.25) is 0 Å². The maximum absolute atomic E-state index is 12.9. The Morgan fingerprint density at radius 3 is 2.89 bits per heavy atom. The van der Waals surface area contributed by atoms with Crippen LogP contribution in [-0.2, 0) is 0 Å². The standard InChI is InChI=1S/C11H10F3N3O/c12-9-5-4-8(3-1-2-6-16-17-15)10(7-9)18-11(13)14/h1,3-5,7,11H,2,6H2. The molecule has 4 nitrogen and oxygen atoms in total. The highest BCUT2D eigenvalue weighted by Crippen LogP contribution is 2.23. The van der Waals surface area contributed by atoms with Gasteiger partial charge in [0.1, 0.15) is 11.6 Å². The van der Waals surface area contributed by atoms with Crippen molar-refractivity contribution in [3.63, 3.8) is 0 Å². The van der Waals surface area contributed by atoms with E-state index in [0.29, 0.717) is 12.0 Å². The molecule has 0 bridgehead atoms. The number of halogens is 3. The summed E-state index contributed by atoms with van der Waals surface area (Å²) in [6, 6.07) is 3.36. The van der Waals surface area contributed by atoms with Gasteiger partial charge in [-0.15, -0.1) is 0 Å². The quantitative estimate of drug-likeness (QED) is 0.327. The van der Waals surface area contributed by atoms with Crippen molar-refractivity contribution in [2.75, 3.05) is 6.54 Å². The fraction of sp³-hybridized carbons (Fsp3) is 0.273. The maximum atomic E-state index is 12.9. The summed E-state index contributed by atoms with van der Waals surface area (Å²) in [6.07, 6.45) is 3.58. The molecule has 1 rings (SSSR count). The molecular weight excluding hydrogens is 247 g/mol. The van der Waals surface area contributed by atoms with Crippen LogP contribution in [0, 0.1) is 5.82 Å². The Labute approximate surface area is 101 Å². The van der Waals surface area contributed by atoms with E-state index < -0.39 is 12.4 Å². The smallest absolute Gasteiger partial charge is 0.387 e. The Morgan fingerprint density at radius 1 is 1.44 bits per heavy atom. The van der Waals surface area contributed by atoms with E-state index in [1.807, 2.05) is 0 Å². The van der Waals surface area contributed by atoms with Crippen LogP contribution in [0.5, 0.6) is 5.75 Å². The topological polar surface area (TPSA) is 58.0 Å². The minimum atomic E-state index is -3.01. The van der Waals surface area contributed by atoms with Crippen molar-refractivity contribution in [3.8, 4) is 5.75 Å². The van der Waals surface area contributed by atoms with Crippen LogP contribution in [0.25, 0.3) is 16.5 Å². The first-order valence-corrected chi connectivity index (χ1v) is 5.05. The molecule has 18 heavy (non-hydrogen) atoms. The van der Waals surface area contributed by atoms with Crippen LogP contribution in [0.15, 0.2) is 29.4 Å². The van der Waals surface area contributed by atoms with Gasteiger partial charge in [-0.05, 0) is 24.1 Å². The highest BCUT2D eigenvalue weighted by atomic mass is 19.3. The molecule has 96 valence electrons. The molecule has 1 aromatic carbocycles. The van der Waals surface area contributed by atoms with E-state index >= 15 is 0 Å². The van der Waals surface area contributed by atoms with Crippen LogP contribution < -0.4 is 4.74 Å². The number of benzene rings is 1. The predicted octanol–water partition coefficient (Wildman–Crippen LogP) is 4.14. The molecule has 0 aliphatic carbocycles. The second-order valence-electron chi connectivity index (χ2n) is 3.21. The number of azide groups is 1. The average Bonchev–Trinajstić information content (AvgIpc) is 2.30. The molecule has 0 radical (unpaired) electrons. The Hall–Kier alpha value is -2.14. The highest BCUT2D eigenvalue weighted by Gasteiger charge is 2.08. The summed E-state index contributed by atoms with van der Waals surface area (Å²) in [5, 5.41) is 3.31. The molecular formula is C11H10F3N3O. The largest absolute Gasteiger partial charge is 0.434 e. The van der Waals surface area contributed by atoms with Crippen molar-refractivity contribution in [1.82, 2.24) is 0 Å². The van der Waals surface area contributed by atoms with Gasteiger partial charge in [-0.2, -0.15) is 8.78 Å². The van der Waals surface area contributed by atoms with Gasteiger partial charge in [0, 0.05) is 23.1 Å². The Balaban J connectivity index is 2.77.